The fourth-order valence-electron chi connectivity index (χ4n) is 1.99. The Morgan fingerprint density at radius 1 is 1.24 bits per heavy atom. The molecule has 0 radical (unpaired) electrons. The van der Waals surface area contributed by atoms with Gasteiger partial charge in [0, 0.05) is 0 Å². The lowest BCUT2D eigenvalue weighted by Gasteiger charge is -2.03. The Labute approximate surface area is 98.7 Å². The zero-order chi connectivity index (χ0) is 11.8. The van der Waals surface area contributed by atoms with Crippen molar-refractivity contribution in [2.24, 2.45) is 0 Å². The highest BCUT2D eigenvalue weighted by Crippen LogP contribution is 2.19. The van der Waals surface area contributed by atoms with Crippen molar-refractivity contribution in [2.75, 3.05) is 5.73 Å². The number of aryl methyl sites for hydroxylation is 1. The van der Waals surface area contributed by atoms with Crippen LogP contribution in [0.15, 0.2) is 40.8 Å². The van der Waals surface area contributed by atoms with Gasteiger partial charge in [-0.25, -0.2) is 4.98 Å². The normalized spacial score (nSPS) is 11.1. The minimum atomic E-state index is 0.514. The van der Waals surface area contributed by atoms with Crippen LogP contribution in [0.2, 0.25) is 0 Å². The van der Waals surface area contributed by atoms with Gasteiger partial charge < -0.3 is 14.7 Å². The second kappa shape index (κ2) is 3.66. The fraction of sp³-hybridized carbons (Fsp3) is 0.154. The van der Waals surface area contributed by atoms with Gasteiger partial charge in [0.1, 0.15) is 11.5 Å². The largest absolute Gasteiger partial charge is 0.464 e. The van der Waals surface area contributed by atoms with E-state index in [9.17, 15) is 0 Å². The number of nitrogen functional groups attached to an aromatic ring is 1. The second-order valence-corrected chi connectivity index (χ2v) is 4.06. The summed E-state index contributed by atoms with van der Waals surface area (Å²) in [7, 11) is 0. The summed E-state index contributed by atoms with van der Waals surface area (Å²) in [5.41, 5.74) is 7.86. The maximum absolute atomic E-state index is 5.92. The minimum Gasteiger partial charge on any atom is -0.464 e. The van der Waals surface area contributed by atoms with Crippen molar-refractivity contribution < 1.29 is 4.42 Å². The molecule has 4 nitrogen and oxygen atoms in total. The Kier molecular flexibility index (Phi) is 2.14. The lowest BCUT2D eigenvalue weighted by Crippen LogP contribution is -2.03. The Balaban J connectivity index is 2.08. The summed E-state index contributed by atoms with van der Waals surface area (Å²) in [6.45, 7) is 2.54. The van der Waals surface area contributed by atoms with E-state index in [0.29, 0.717) is 12.5 Å². The highest BCUT2D eigenvalue weighted by atomic mass is 16.3. The number of anilines is 1. The first-order valence-electron chi connectivity index (χ1n) is 5.50. The van der Waals surface area contributed by atoms with Crippen LogP contribution in [-0.4, -0.2) is 9.55 Å². The van der Waals surface area contributed by atoms with Crippen LogP contribution in [-0.2, 0) is 6.54 Å². The lowest BCUT2D eigenvalue weighted by molar-refractivity contribution is 0.473. The van der Waals surface area contributed by atoms with E-state index in [2.05, 4.69) is 4.98 Å². The molecule has 0 atom stereocenters. The van der Waals surface area contributed by atoms with Crippen LogP contribution in [0, 0.1) is 6.92 Å². The zero-order valence-corrected chi connectivity index (χ0v) is 9.55. The first-order chi connectivity index (χ1) is 8.24. The third kappa shape index (κ3) is 1.67. The summed E-state index contributed by atoms with van der Waals surface area (Å²) < 4.78 is 7.51. The van der Waals surface area contributed by atoms with E-state index < -0.39 is 0 Å². The van der Waals surface area contributed by atoms with Crippen LogP contribution in [0.1, 0.15) is 11.5 Å². The molecule has 3 aromatic rings. The topological polar surface area (TPSA) is 57.0 Å². The molecular weight excluding hydrogens is 214 g/mol. The van der Waals surface area contributed by atoms with E-state index in [1.165, 1.54) is 0 Å². The number of para-hydroxylation sites is 2. The number of fused-ring (bicyclic) bond motifs is 1. The number of rotatable bonds is 2. The molecule has 86 valence electrons. The third-order valence-corrected chi connectivity index (χ3v) is 2.79. The molecule has 3 rings (SSSR count). The van der Waals surface area contributed by atoms with E-state index in [1.54, 1.807) is 0 Å². The molecule has 0 amide bonds. The van der Waals surface area contributed by atoms with Crippen molar-refractivity contribution in [1.82, 2.24) is 9.55 Å². The van der Waals surface area contributed by atoms with Gasteiger partial charge in [0.15, 0.2) is 0 Å². The first-order valence-corrected chi connectivity index (χ1v) is 5.50. The number of furan rings is 1. The molecule has 0 unspecified atom stereocenters. The van der Waals surface area contributed by atoms with E-state index in [0.717, 1.165) is 22.6 Å². The van der Waals surface area contributed by atoms with Crippen LogP contribution < -0.4 is 5.73 Å². The third-order valence-electron chi connectivity index (χ3n) is 2.79. The van der Waals surface area contributed by atoms with Crippen LogP contribution in [0.5, 0.6) is 0 Å². The minimum absolute atomic E-state index is 0.514. The summed E-state index contributed by atoms with van der Waals surface area (Å²) >= 11 is 0. The van der Waals surface area contributed by atoms with Gasteiger partial charge >= 0.3 is 0 Å². The summed E-state index contributed by atoms with van der Waals surface area (Å²) in [5.74, 6) is 2.31. The Bertz CT molecular complexity index is 666. The van der Waals surface area contributed by atoms with E-state index in [4.69, 9.17) is 10.2 Å². The van der Waals surface area contributed by atoms with Gasteiger partial charge in [-0.3, -0.25) is 0 Å². The number of imidazole rings is 1. The molecule has 2 heterocycles. The maximum Gasteiger partial charge on any atom is 0.201 e. The van der Waals surface area contributed by atoms with Gasteiger partial charge in [-0.05, 0) is 31.2 Å². The predicted octanol–water partition coefficient (Wildman–Crippen LogP) is 2.57. The molecule has 0 spiro atoms. The van der Waals surface area contributed by atoms with Gasteiger partial charge in [0.05, 0.1) is 17.6 Å². The van der Waals surface area contributed by atoms with Crippen molar-refractivity contribution in [2.45, 2.75) is 13.5 Å². The molecule has 2 aromatic heterocycles. The predicted molar refractivity (Wildman–Crippen MR) is 66.7 cm³/mol. The van der Waals surface area contributed by atoms with Gasteiger partial charge in [-0.15, -0.1) is 0 Å². The average molecular weight is 227 g/mol. The summed E-state index contributed by atoms with van der Waals surface area (Å²) in [6.07, 6.45) is 0. The zero-order valence-electron chi connectivity index (χ0n) is 9.55. The summed E-state index contributed by atoms with van der Waals surface area (Å²) in [4.78, 5) is 4.32. The van der Waals surface area contributed by atoms with E-state index in [-0.39, 0.29) is 0 Å². The van der Waals surface area contributed by atoms with Crippen LogP contribution in [0.25, 0.3) is 11.0 Å². The quantitative estimate of drug-likeness (QED) is 0.732. The lowest BCUT2D eigenvalue weighted by atomic mass is 10.3. The summed E-state index contributed by atoms with van der Waals surface area (Å²) in [5, 5.41) is 0. The Morgan fingerprint density at radius 3 is 2.82 bits per heavy atom. The highest BCUT2D eigenvalue weighted by Gasteiger charge is 2.09. The SMILES string of the molecule is Cc1ccc(Cn2c(N)nc3ccccc32)o1. The molecule has 4 heteroatoms. The number of nitrogens with two attached hydrogens (primary N) is 1. The van der Waals surface area contributed by atoms with Crippen molar-refractivity contribution in [3.05, 3.63) is 47.9 Å². The molecule has 0 aliphatic rings. The number of nitrogens with zero attached hydrogens (tertiary/aromatic N) is 2. The molecule has 0 aliphatic heterocycles. The number of hydrogen-bond acceptors (Lipinski definition) is 3. The van der Waals surface area contributed by atoms with Gasteiger partial charge in [-0.1, -0.05) is 12.1 Å². The molecular formula is C13H13N3O. The summed E-state index contributed by atoms with van der Waals surface area (Å²) in [6, 6.07) is 11.8. The monoisotopic (exact) mass is 227 g/mol. The van der Waals surface area contributed by atoms with Crippen LogP contribution in [0.4, 0.5) is 5.95 Å². The van der Waals surface area contributed by atoms with Crippen molar-refractivity contribution >= 4 is 17.0 Å². The Hall–Kier alpha value is -2.23. The standard InChI is InChI=1S/C13H13N3O/c1-9-6-7-10(17-9)8-16-12-5-3-2-4-11(12)15-13(16)14/h2-7H,8H2,1H3,(H2,14,15). The van der Waals surface area contributed by atoms with Crippen LogP contribution in [0.3, 0.4) is 0 Å². The van der Waals surface area contributed by atoms with Crippen molar-refractivity contribution in [1.29, 1.82) is 0 Å². The van der Waals surface area contributed by atoms with Crippen molar-refractivity contribution in [3.63, 3.8) is 0 Å². The number of benzene rings is 1. The molecule has 0 saturated carbocycles. The molecule has 17 heavy (non-hydrogen) atoms. The van der Waals surface area contributed by atoms with Crippen LogP contribution >= 0.6 is 0 Å². The molecule has 0 aliphatic carbocycles. The van der Waals surface area contributed by atoms with Gasteiger partial charge in [-0.2, -0.15) is 0 Å². The van der Waals surface area contributed by atoms with E-state index in [1.807, 2.05) is 47.9 Å². The second-order valence-electron chi connectivity index (χ2n) is 4.06. The highest BCUT2D eigenvalue weighted by molar-refractivity contribution is 5.78. The molecule has 0 bridgehead atoms. The fourth-order valence-corrected chi connectivity index (χ4v) is 1.99. The van der Waals surface area contributed by atoms with Gasteiger partial charge in [0.2, 0.25) is 5.95 Å². The Morgan fingerprint density at radius 2 is 2.06 bits per heavy atom. The van der Waals surface area contributed by atoms with E-state index >= 15 is 0 Å². The molecule has 0 fully saturated rings. The first kappa shape index (κ1) is 9.96. The van der Waals surface area contributed by atoms with Gasteiger partial charge in [0.25, 0.3) is 0 Å². The average Bonchev–Trinajstić information content (AvgIpc) is 2.85. The number of hydrogen-bond donors (Lipinski definition) is 1. The molecule has 0 saturated heterocycles. The van der Waals surface area contributed by atoms with Crippen molar-refractivity contribution in [3.8, 4) is 0 Å². The molecule has 1 aromatic carbocycles. The smallest absolute Gasteiger partial charge is 0.201 e. The number of aromatic nitrogens is 2. The molecule has 2 N–H and O–H groups in total. The maximum atomic E-state index is 5.92.